The van der Waals surface area contributed by atoms with Crippen LogP contribution in [0.1, 0.15) is 51.8 Å². The van der Waals surface area contributed by atoms with Gasteiger partial charge in [-0.3, -0.25) is 0 Å². The van der Waals surface area contributed by atoms with Crippen molar-refractivity contribution in [1.29, 1.82) is 0 Å². The maximum absolute atomic E-state index is 5.63. The zero-order valence-corrected chi connectivity index (χ0v) is 14.0. The van der Waals surface area contributed by atoms with E-state index in [9.17, 15) is 0 Å². The lowest BCUT2D eigenvalue weighted by atomic mass is 10.1. The SMILES string of the molecule is CC(C)NCc1cc(C(C)C)nc(N2CCOC(C)C2)c1. The Kier molecular flexibility index (Phi) is 5.59. The third-order valence-corrected chi connectivity index (χ3v) is 3.76. The van der Waals surface area contributed by atoms with E-state index in [1.807, 2.05) is 0 Å². The molecule has 118 valence electrons. The monoisotopic (exact) mass is 291 g/mol. The van der Waals surface area contributed by atoms with E-state index in [4.69, 9.17) is 9.72 Å². The van der Waals surface area contributed by atoms with Gasteiger partial charge in [0, 0.05) is 31.4 Å². The van der Waals surface area contributed by atoms with Crippen LogP contribution in [0, 0.1) is 0 Å². The Hall–Kier alpha value is -1.13. The van der Waals surface area contributed by atoms with Gasteiger partial charge in [-0.2, -0.15) is 0 Å². The van der Waals surface area contributed by atoms with Gasteiger partial charge in [-0.1, -0.05) is 27.7 Å². The van der Waals surface area contributed by atoms with Crippen molar-refractivity contribution in [3.05, 3.63) is 23.4 Å². The summed E-state index contributed by atoms with van der Waals surface area (Å²) in [7, 11) is 0. The fourth-order valence-corrected chi connectivity index (χ4v) is 2.50. The Morgan fingerprint density at radius 3 is 2.71 bits per heavy atom. The Morgan fingerprint density at radius 2 is 2.10 bits per heavy atom. The van der Waals surface area contributed by atoms with Crippen molar-refractivity contribution in [3.8, 4) is 0 Å². The van der Waals surface area contributed by atoms with Crippen molar-refractivity contribution >= 4 is 5.82 Å². The smallest absolute Gasteiger partial charge is 0.129 e. The summed E-state index contributed by atoms with van der Waals surface area (Å²) in [6, 6.07) is 4.94. The molecule has 2 rings (SSSR count). The molecule has 0 amide bonds. The van der Waals surface area contributed by atoms with Gasteiger partial charge in [0.1, 0.15) is 5.82 Å². The summed E-state index contributed by atoms with van der Waals surface area (Å²) in [5.74, 6) is 1.54. The molecule has 1 atom stereocenters. The molecule has 0 radical (unpaired) electrons. The fourth-order valence-electron chi connectivity index (χ4n) is 2.50. The van der Waals surface area contributed by atoms with Crippen molar-refractivity contribution < 1.29 is 4.74 Å². The van der Waals surface area contributed by atoms with Gasteiger partial charge in [-0.25, -0.2) is 4.98 Å². The topological polar surface area (TPSA) is 37.4 Å². The van der Waals surface area contributed by atoms with E-state index in [0.717, 1.165) is 32.1 Å². The number of hydrogen-bond donors (Lipinski definition) is 1. The molecule has 0 aliphatic carbocycles. The fraction of sp³-hybridized carbons (Fsp3) is 0.706. The first-order valence-electron chi connectivity index (χ1n) is 8.06. The van der Waals surface area contributed by atoms with Gasteiger partial charge < -0.3 is 15.0 Å². The van der Waals surface area contributed by atoms with Crippen LogP contribution < -0.4 is 10.2 Å². The van der Waals surface area contributed by atoms with Crippen LogP contribution in [0.5, 0.6) is 0 Å². The molecule has 1 N–H and O–H groups in total. The van der Waals surface area contributed by atoms with E-state index in [-0.39, 0.29) is 6.10 Å². The van der Waals surface area contributed by atoms with Crippen molar-refractivity contribution in [3.63, 3.8) is 0 Å². The summed E-state index contributed by atoms with van der Waals surface area (Å²) in [6.45, 7) is 14.4. The highest BCUT2D eigenvalue weighted by Gasteiger charge is 2.19. The summed E-state index contributed by atoms with van der Waals surface area (Å²) in [4.78, 5) is 7.21. The molecule has 1 aliphatic heterocycles. The molecule has 1 aromatic heterocycles. The molecule has 0 bridgehead atoms. The van der Waals surface area contributed by atoms with Crippen LogP contribution in [-0.4, -0.2) is 36.8 Å². The van der Waals surface area contributed by atoms with Crippen LogP contribution in [-0.2, 0) is 11.3 Å². The molecular weight excluding hydrogens is 262 g/mol. The molecule has 21 heavy (non-hydrogen) atoms. The number of morpholine rings is 1. The molecule has 1 fully saturated rings. The van der Waals surface area contributed by atoms with Crippen LogP contribution in [0.3, 0.4) is 0 Å². The average molecular weight is 291 g/mol. The quantitative estimate of drug-likeness (QED) is 0.905. The van der Waals surface area contributed by atoms with Crippen LogP contribution in [0.4, 0.5) is 5.82 Å². The second-order valence-corrected chi connectivity index (χ2v) is 6.58. The maximum atomic E-state index is 5.63. The van der Waals surface area contributed by atoms with Gasteiger partial charge in [0.05, 0.1) is 12.7 Å². The van der Waals surface area contributed by atoms with Gasteiger partial charge in [0.2, 0.25) is 0 Å². The van der Waals surface area contributed by atoms with Crippen LogP contribution in [0.15, 0.2) is 12.1 Å². The molecule has 2 heterocycles. The minimum absolute atomic E-state index is 0.278. The molecule has 4 heteroatoms. The number of anilines is 1. The first-order valence-corrected chi connectivity index (χ1v) is 8.06. The Labute approximate surface area is 128 Å². The van der Waals surface area contributed by atoms with Crippen LogP contribution in [0.25, 0.3) is 0 Å². The molecular formula is C17H29N3O. The number of nitrogens with zero attached hydrogens (tertiary/aromatic N) is 2. The lowest BCUT2D eigenvalue weighted by Crippen LogP contribution is -2.41. The number of aromatic nitrogens is 1. The number of hydrogen-bond acceptors (Lipinski definition) is 4. The van der Waals surface area contributed by atoms with Gasteiger partial charge in [0.15, 0.2) is 0 Å². The predicted molar refractivity (Wildman–Crippen MR) is 87.9 cm³/mol. The van der Waals surface area contributed by atoms with Crippen LogP contribution in [0.2, 0.25) is 0 Å². The van der Waals surface area contributed by atoms with Crippen molar-refractivity contribution in [2.75, 3.05) is 24.6 Å². The highest BCUT2D eigenvalue weighted by Crippen LogP contribution is 2.22. The molecule has 4 nitrogen and oxygen atoms in total. The Morgan fingerprint density at radius 1 is 1.33 bits per heavy atom. The molecule has 0 aromatic carbocycles. The van der Waals surface area contributed by atoms with Gasteiger partial charge in [-0.15, -0.1) is 0 Å². The van der Waals surface area contributed by atoms with Crippen molar-refractivity contribution in [2.24, 2.45) is 0 Å². The Bertz CT molecular complexity index is 459. The van der Waals surface area contributed by atoms with E-state index < -0.39 is 0 Å². The van der Waals surface area contributed by atoms with Gasteiger partial charge >= 0.3 is 0 Å². The summed E-state index contributed by atoms with van der Waals surface area (Å²) in [6.07, 6.45) is 0.278. The number of nitrogens with one attached hydrogen (secondary N) is 1. The molecule has 0 spiro atoms. The normalized spacial score (nSPS) is 19.6. The average Bonchev–Trinajstić information content (AvgIpc) is 2.44. The number of rotatable bonds is 5. The summed E-state index contributed by atoms with van der Waals surface area (Å²) in [5.41, 5.74) is 2.49. The first-order chi connectivity index (χ1) is 9.95. The van der Waals surface area contributed by atoms with Crippen molar-refractivity contribution in [2.45, 2.75) is 59.2 Å². The van der Waals surface area contributed by atoms with E-state index in [1.165, 1.54) is 11.3 Å². The zero-order valence-electron chi connectivity index (χ0n) is 14.0. The summed E-state index contributed by atoms with van der Waals surface area (Å²) in [5, 5.41) is 3.50. The molecule has 0 saturated carbocycles. The first kappa shape index (κ1) is 16.2. The predicted octanol–water partition coefficient (Wildman–Crippen LogP) is 2.93. The number of ether oxygens (including phenoxy) is 1. The minimum atomic E-state index is 0.278. The van der Waals surface area contributed by atoms with E-state index in [0.29, 0.717) is 12.0 Å². The lowest BCUT2D eigenvalue weighted by Gasteiger charge is -2.32. The van der Waals surface area contributed by atoms with Crippen LogP contribution >= 0.6 is 0 Å². The largest absolute Gasteiger partial charge is 0.375 e. The lowest BCUT2D eigenvalue weighted by molar-refractivity contribution is 0.0529. The standard InChI is InChI=1S/C17H29N3O/c1-12(2)16-8-15(10-18-13(3)4)9-17(19-16)20-6-7-21-14(5)11-20/h8-9,12-14,18H,6-7,10-11H2,1-5H3. The van der Waals surface area contributed by atoms with E-state index >= 15 is 0 Å². The van der Waals surface area contributed by atoms with Crippen molar-refractivity contribution in [1.82, 2.24) is 10.3 Å². The second kappa shape index (κ2) is 7.23. The summed E-state index contributed by atoms with van der Waals surface area (Å²) < 4.78 is 5.63. The maximum Gasteiger partial charge on any atom is 0.129 e. The third-order valence-electron chi connectivity index (χ3n) is 3.76. The van der Waals surface area contributed by atoms with Gasteiger partial charge in [-0.05, 0) is 30.5 Å². The third kappa shape index (κ3) is 4.68. The highest BCUT2D eigenvalue weighted by molar-refractivity contribution is 5.44. The van der Waals surface area contributed by atoms with E-state index in [1.54, 1.807) is 0 Å². The molecule has 1 saturated heterocycles. The molecule has 1 aromatic rings. The molecule has 1 unspecified atom stereocenters. The zero-order chi connectivity index (χ0) is 15.4. The highest BCUT2D eigenvalue weighted by atomic mass is 16.5. The van der Waals surface area contributed by atoms with E-state index in [2.05, 4.69) is 57.0 Å². The summed E-state index contributed by atoms with van der Waals surface area (Å²) >= 11 is 0. The minimum Gasteiger partial charge on any atom is -0.375 e. The second-order valence-electron chi connectivity index (χ2n) is 6.58. The molecule has 1 aliphatic rings. The van der Waals surface area contributed by atoms with Gasteiger partial charge in [0.25, 0.3) is 0 Å². The number of pyridine rings is 1. The Balaban J connectivity index is 2.22.